The van der Waals surface area contributed by atoms with Crippen LogP contribution in [0.5, 0.6) is 0 Å². The third kappa shape index (κ3) is 3.85. The van der Waals surface area contributed by atoms with Crippen molar-refractivity contribution in [3.63, 3.8) is 0 Å². The quantitative estimate of drug-likeness (QED) is 0.777. The van der Waals surface area contributed by atoms with Crippen molar-refractivity contribution < 1.29 is 22.5 Å². The number of aromatic carboxylic acids is 1. The van der Waals surface area contributed by atoms with Gasteiger partial charge in [-0.25, -0.2) is 4.79 Å². The number of hydrogen-bond acceptors (Lipinski definition) is 4. The molecular formula is C17H19NO5S. The first-order valence-corrected chi connectivity index (χ1v) is 9.53. The summed E-state index contributed by atoms with van der Waals surface area (Å²) in [4.78, 5) is 11.5. The SMILES string of the molecule is CS(=O)(=O)OC/C=C/c1cccc2cc(C(=O)O)n(CC3CC3)c12. The van der Waals surface area contributed by atoms with Crippen molar-refractivity contribution in [2.75, 3.05) is 12.9 Å². The van der Waals surface area contributed by atoms with E-state index >= 15 is 0 Å². The number of benzene rings is 1. The summed E-state index contributed by atoms with van der Waals surface area (Å²) in [7, 11) is -3.48. The van der Waals surface area contributed by atoms with E-state index in [2.05, 4.69) is 0 Å². The number of rotatable bonds is 7. The Morgan fingerprint density at radius 2 is 2.17 bits per heavy atom. The van der Waals surface area contributed by atoms with Crippen LogP contribution in [0.3, 0.4) is 0 Å². The summed E-state index contributed by atoms with van der Waals surface area (Å²) in [5.74, 6) is -0.411. The Morgan fingerprint density at radius 3 is 2.79 bits per heavy atom. The van der Waals surface area contributed by atoms with Gasteiger partial charge in [-0.05, 0) is 30.4 Å². The van der Waals surface area contributed by atoms with Crippen LogP contribution in [0.25, 0.3) is 17.0 Å². The molecule has 1 aliphatic carbocycles. The lowest BCUT2D eigenvalue weighted by molar-refractivity contribution is 0.0685. The van der Waals surface area contributed by atoms with Gasteiger partial charge < -0.3 is 9.67 Å². The van der Waals surface area contributed by atoms with Gasteiger partial charge in [-0.2, -0.15) is 8.42 Å². The van der Waals surface area contributed by atoms with Gasteiger partial charge in [-0.1, -0.05) is 30.4 Å². The van der Waals surface area contributed by atoms with E-state index in [1.165, 1.54) is 0 Å². The lowest BCUT2D eigenvalue weighted by Crippen LogP contribution is -2.10. The van der Waals surface area contributed by atoms with Gasteiger partial charge in [0.05, 0.1) is 18.4 Å². The number of hydrogen-bond donors (Lipinski definition) is 1. The van der Waals surface area contributed by atoms with Crippen LogP contribution in [0.15, 0.2) is 30.3 Å². The van der Waals surface area contributed by atoms with Crippen LogP contribution in [0.1, 0.15) is 28.9 Å². The fourth-order valence-electron chi connectivity index (χ4n) is 2.75. The molecule has 128 valence electrons. The normalized spacial score (nSPS) is 15.4. The fraction of sp³-hybridized carbons (Fsp3) is 0.353. The van der Waals surface area contributed by atoms with E-state index in [0.717, 1.165) is 35.6 Å². The second kappa shape index (κ2) is 6.41. The van der Waals surface area contributed by atoms with Gasteiger partial charge >= 0.3 is 5.97 Å². The molecule has 1 aromatic carbocycles. The Labute approximate surface area is 140 Å². The summed E-state index contributed by atoms with van der Waals surface area (Å²) >= 11 is 0. The summed E-state index contributed by atoms with van der Waals surface area (Å²) in [5.41, 5.74) is 1.99. The van der Waals surface area contributed by atoms with Crippen molar-refractivity contribution in [2.45, 2.75) is 19.4 Å². The number of para-hydroxylation sites is 1. The minimum absolute atomic E-state index is 0.0512. The number of nitrogens with zero attached hydrogens (tertiary/aromatic N) is 1. The summed E-state index contributed by atoms with van der Waals surface area (Å²) in [5, 5.41) is 10.3. The topological polar surface area (TPSA) is 85.6 Å². The lowest BCUT2D eigenvalue weighted by Gasteiger charge is -2.09. The zero-order valence-electron chi connectivity index (χ0n) is 13.3. The molecule has 0 saturated heterocycles. The number of carboxylic acids is 1. The molecule has 1 aromatic heterocycles. The zero-order valence-corrected chi connectivity index (χ0v) is 14.1. The third-order valence-corrected chi connectivity index (χ3v) is 4.55. The fourth-order valence-corrected chi connectivity index (χ4v) is 3.08. The van der Waals surface area contributed by atoms with Crippen LogP contribution in [0, 0.1) is 5.92 Å². The van der Waals surface area contributed by atoms with Crippen molar-refractivity contribution in [3.8, 4) is 0 Å². The summed E-state index contributed by atoms with van der Waals surface area (Å²) in [6, 6.07) is 7.31. The second-order valence-corrected chi connectivity index (χ2v) is 7.71. The second-order valence-electron chi connectivity index (χ2n) is 6.06. The third-order valence-electron chi connectivity index (χ3n) is 3.98. The van der Waals surface area contributed by atoms with Crippen LogP contribution in [-0.4, -0.2) is 36.9 Å². The minimum atomic E-state index is -3.48. The average Bonchev–Trinajstić information content (AvgIpc) is 3.22. The van der Waals surface area contributed by atoms with Gasteiger partial charge in [-0.15, -0.1) is 0 Å². The predicted molar refractivity (Wildman–Crippen MR) is 91.5 cm³/mol. The molecule has 0 radical (unpaired) electrons. The molecule has 0 amide bonds. The highest BCUT2D eigenvalue weighted by atomic mass is 32.2. The van der Waals surface area contributed by atoms with Crippen LogP contribution in [-0.2, 0) is 20.8 Å². The zero-order chi connectivity index (χ0) is 17.3. The molecule has 0 spiro atoms. The Morgan fingerprint density at radius 1 is 1.42 bits per heavy atom. The number of fused-ring (bicyclic) bond motifs is 1. The standard InChI is InChI=1S/C17H19NO5S/c1-24(21,22)23-9-3-6-13-4-2-5-14-10-15(17(19)20)18(16(13)14)11-12-7-8-12/h2-6,10,12H,7-9,11H2,1H3,(H,19,20)/b6-3+. The Kier molecular flexibility index (Phi) is 4.47. The highest BCUT2D eigenvalue weighted by molar-refractivity contribution is 7.85. The van der Waals surface area contributed by atoms with E-state index in [-0.39, 0.29) is 12.3 Å². The summed E-state index contributed by atoms with van der Waals surface area (Å²) in [6.45, 7) is 0.639. The molecular weight excluding hydrogens is 330 g/mol. The largest absolute Gasteiger partial charge is 0.477 e. The maximum atomic E-state index is 11.5. The first-order chi connectivity index (χ1) is 11.3. The van der Waals surface area contributed by atoms with Crippen molar-refractivity contribution in [1.29, 1.82) is 0 Å². The molecule has 2 aromatic rings. The molecule has 6 nitrogen and oxygen atoms in total. The van der Waals surface area contributed by atoms with Gasteiger partial charge in [0.1, 0.15) is 5.69 Å². The van der Waals surface area contributed by atoms with Gasteiger partial charge in [0.15, 0.2) is 0 Å². The molecule has 1 fully saturated rings. The van der Waals surface area contributed by atoms with Crippen LogP contribution >= 0.6 is 0 Å². The molecule has 0 unspecified atom stereocenters. The van der Waals surface area contributed by atoms with Gasteiger partial charge in [0.2, 0.25) is 0 Å². The van der Waals surface area contributed by atoms with Crippen molar-refractivity contribution >= 4 is 33.1 Å². The van der Waals surface area contributed by atoms with Gasteiger partial charge in [-0.3, -0.25) is 4.18 Å². The van der Waals surface area contributed by atoms with E-state index in [0.29, 0.717) is 12.5 Å². The maximum absolute atomic E-state index is 11.5. The molecule has 0 aliphatic heterocycles. The van der Waals surface area contributed by atoms with E-state index < -0.39 is 16.1 Å². The number of carbonyl (C=O) groups is 1. The van der Waals surface area contributed by atoms with E-state index in [1.54, 1.807) is 18.2 Å². The molecule has 1 N–H and O–H groups in total. The molecule has 1 heterocycles. The summed E-state index contributed by atoms with van der Waals surface area (Å²) in [6.07, 6.45) is 6.63. The van der Waals surface area contributed by atoms with E-state index in [1.807, 2.05) is 22.8 Å². The number of carboxylic acid groups (broad SMARTS) is 1. The first-order valence-electron chi connectivity index (χ1n) is 7.71. The smallest absolute Gasteiger partial charge is 0.352 e. The highest BCUT2D eigenvalue weighted by Crippen LogP contribution is 2.34. The van der Waals surface area contributed by atoms with E-state index in [9.17, 15) is 18.3 Å². The minimum Gasteiger partial charge on any atom is -0.477 e. The van der Waals surface area contributed by atoms with E-state index in [4.69, 9.17) is 4.18 Å². The number of aromatic nitrogens is 1. The van der Waals surface area contributed by atoms with Crippen LogP contribution < -0.4 is 0 Å². The highest BCUT2D eigenvalue weighted by Gasteiger charge is 2.25. The molecule has 1 saturated carbocycles. The Bertz CT molecular complexity index is 906. The molecule has 3 rings (SSSR count). The van der Waals surface area contributed by atoms with Crippen molar-refractivity contribution in [2.24, 2.45) is 5.92 Å². The van der Waals surface area contributed by atoms with Crippen LogP contribution in [0.4, 0.5) is 0 Å². The van der Waals surface area contributed by atoms with Crippen molar-refractivity contribution in [1.82, 2.24) is 4.57 Å². The first kappa shape index (κ1) is 16.7. The Balaban J connectivity index is 1.98. The lowest BCUT2D eigenvalue weighted by atomic mass is 10.1. The predicted octanol–water partition coefficient (Wildman–Crippen LogP) is 2.74. The monoisotopic (exact) mass is 349 g/mol. The van der Waals surface area contributed by atoms with Crippen LogP contribution in [0.2, 0.25) is 0 Å². The molecule has 0 atom stereocenters. The Hall–Kier alpha value is -2.12. The summed E-state index contributed by atoms with van der Waals surface area (Å²) < 4.78 is 28.5. The maximum Gasteiger partial charge on any atom is 0.352 e. The van der Waals surface area contributed by atoms with Gasteiger partial charge in [0.25, 0.3) is 10.1 Å². The molecule has 1 aliphatic rings. The van der Waals surface area contributed by atoms with Crippen molar-refractivity contribution in [3.05, 3.63) is 41.6 Å². The molecule has 7 heteroatoms. The average molecular weight is 349 g/mol. The molecule has 24 heavy (non-hydrogen) atoms. The molecule has 0 bridgehead atoms. The van der Waals surface area contributed by atoms with Gasteiger partial charge in [0, 0.05) is 11.9 Å².